The molecule has 0 amide bonds. The summed E-state index contributed by atoms with van der Waals surface area (Å²) in [6.45, 7) is 3.88. The van der Waals surface area contributed by atoms with Gasteiger partial charge in [-0.1, -0.05) is 13.0 Å². The Hall–Kier alpha value is -0.870. The number of ether oxygens (including phenoxy) is 2. The van der Waals surface area contributed by atoms with Gasteiger partial charge in [-0.2, -0.15) is 11.8 Å². The Morgan fingerprint density at radius 1 is 1.39 bits per heavy atom. The first-order valence-electron chi connectivity index (χ1n) is 6.41. The molecule has 100 valence electrons. The molecule has 1 saturated heterocycles. The molecule has 1 aromatic carbocycles. The van der Waals surface area contributed by atoms with Gasteiger partial charge in [-0.25, -0.2) is 0 Å². The third-order valence-corrected chi connectivity index (χ3v) is 4.52. The summed E-state index contributed by atoms with van der Waals surface area (Å²) in [4.78, 5) is 0. The van der Waals surface area contributed by atoms with Crippen LogP contribution in [0, 0.1) is 0 Å². The largest absolute Gasteiger partial charge is 0.497 e. The quantitative estimate of drug-likeness (QED) is 0.803. The summed E-state index contributed by atoms with van der Waals surface area (Å²) >= 11 is 2.04. The van der Waals surface area contributed by atoms with Crippen LogP contribution in [-0.2, 0) is 0 Å². The van der Waals surface area contributed by atoms with Gasteiger partial charge in [0.1, 0.15) is 18.1 Å². The van der Waals surface area contributed by atoms with Gasteiger partial charge in [-0.05, 0) is 24.3 Å². The lowest BCUT2D eigenvalue weighted by Gasteiger charge is -2.16. The van der Waals surface area contributed by atoms with Crippen LogP contribution in [0.5, 0.6) is 11.5 Å². The summed E-state index contributed by atoms with van der Waals surface area (Å²) in [5, 5.41) is 4.28. The standard InChI is InChI=1S/C14H21NO2S/c1-11-14(6-9-18-11)15-7-8-17-13-5-3-4-12(10-13)16-2/h3-5,10-11,14-15H,6-9H2,1-2H3. The lowest BCUT2D eigenvalue weighted by molar-refractivity contribution is 0.302. The first-order valence-corrected chi connectivity index (χ1v) is 7.46. The molecule has 4 heteroatoms. The molecule has 18 heavy (non-hydrogen) atoms. The van der Waals surface area contributed by atoms with Gasteiger partial charge < -0.3 is 14.8 Å². The van der Waals surface area contributed by atoms with Gasteiger partial charge in [0.15, 0.2) is 0 Å². The normalized spacial score (nSPS) is 23.0. The third kappa shape index (κ3) is 3.82. The van der Waals surface area contributed by atoms with Crippen molar-refractivity contribution in [1.29, 1.82) is 0 Å². The van der Waals surface area contributed by atoms with Gasteiger partial charge >= 0.3 is 0 Å². The van der Waals surface area contributed by atoms with E-state index in [1.165, 1.54) is 12.2 Å². The number of hydrogen-bond acceptors (Lipinski definition) is 4. The Balaban J connectivity index is 1.68. The van der Waals surface area contributed by atoms with E-state index >= 15 is 0 Å². The minimum absolute atomic E-state index is 0.643. The van der Waals surface area contributed by atoms with Crippen LogP contribution in [-0.4, -0.2) is 37.3 Å². The molecule has 1 aliphatic rings. The summed E-state index contributed by atoms with van der Waals surface area (Å²) in [7, 11) is 1.67. The van der Waals surface area contributed by atoms with Crippen LogP contribution < -0.4 is 14.8 Å². The Kier molecular flexibility index (Phi) is 5.20. The van der Waals surface area contributed by atoms with Crippen LogP contribution in [0.15, 0.2) is 24.3 Å². The molecular formula is C14H21NO2S. The van der Waals surface area contributed by atoms with Crippen molar-refractivity contribution in [2.45, 2.75) is 24.6 Å². The van der Waals surface area contributed by atoms with E-state index in [-0.39, 0.29) is 0 Å². The summed E-state index contributed by atoms with van der Waals surface area (Å²) in [6.07, 6.45) is 1.27. The smallest absolute Gasteiger partial charge is 0.123 e. The molecule has 0 saturated carbocycles. The second-order valence-corrected chi connectivity index (χ2v) is 5.94. The molecule has 2 atom stereocenters. The summed E-state index contributed by atoms with van der Waals surface area (Å²) in [6, 6.07) is 8.37. The fourth-order valence-electron chi connectivity index (χ4n) is 2.10. The van der Waals surface area contributed by atoms with Crippen LogP contribution >= 0.6 is 11.8 Å². The van der Waals surface area contributed by atoms with E-state index in [1.807, 2.05) is 36.0 Å². The average Bonchev–Trinajstić information content (AvgIpc) is 2.81. The molecule has 2 rings (SSSR count). The van der Waals surface area contributed by atoms with E-state index in [1.54, 1.807) is 7.11 Å². The highest BCUT2D eigenvalue weighted by atomic mass is 32.2. The molecule has 1 fully saturated rings. The molecular weight excluding hydrogens is 246 g/mol. The second kappa shape index (κ2) is 6.90. The van der Waals surface area contributed by atoms with Crippen LogP contribution in [0.4, 0.5) is 0 Å². The first kappa shape index (κ1) is 13.6. The lowest BCUT2D eigenvalue weighted by Crippen LogP contribution is -2.36. The Morgan fingerprint density at radius 2 is 2.22 bits per heavy atom. The summed E-state index contributed by atoms with van der Waals surface area (Å²) in [5.41, 5.74) is 0. The molecule has 0 bridgehead atoms. The topological polar surface area (TPSA) is 30.5 Å². The highest BCUT2D eigenvalue weighted by molar-refractivity contribution is 8.00. The van der Waals surface area contributed by atoms with Crippen LogP contribution in [0.1, 0.15) is 13.3 Å². The Bertz CT molecular complexity index is 373. The molecule has 1 aliphatic heterocycles. The van der Waals surface area contributed by atoms with Crippen molar-refractivity contribution in [2.24, 2.45) is 0 Å². The fourth-order valence-corrected chi connectivity index (χ4v) is 3.33. The number of thioether (sulfide) groups is 1. The van der Waals surface area contributed by atoms with Gasteiger partial charge in [-0.3, -0.25) is 0 Å². The van der Waals surface area contributed by atoms with Crippen molar-refractivity contribution in [2.75, 3.05) is 26.0 Å². The Labute approximate surface area is 113 Å². The molecule has 0 spiro atoms. The van der Waals surface area contributed by atoms with Crippen LogP contribution in [0.25, 0.3) is 0 Å². The van der Waals surface area contributed by atoms with Crippen molar-refractivity contribution in [3.8, 4) is 11.5 Å². The van der Waals surface area contributed by atoms with Crippen molar-refractivity contribution >= 4 is 11.8 Å². The highest BCUT2D eigenvalue weighted by Crippen LogP contribution is 2.25. The number of rotatable bonds is 6. The molecule has 1 aromatic rings. The molecule has 1 heterocycles. The number of hydrogen-bond donors (Lipinski definition) is 1. The molecule has 0 aromatic heterocycles. The minimum Gasteiger partial charge on any atom is -0.497 e. The zero-order valence-corrected chi connectivity index (χ0v) is 11.8. The van der Waals surface area contributed by atoms with E-state index in [0.29, 0.717) is 12.6 Å². The molecule has 0 radical (unpaired) electrons. The Morgan fingerprint density at radius 3 is 2.94 bits per heavy atom. The number of methoxy groups -OCH3 is 1. The van der Waals surface area contributed by atoms with Gasteiger partial charge in [-0.15, -0.1) is 0 Å². The maximum absolute atomic E-state index is 5.69. The first-order chi connectivity index (χ1) is 8.79. The van der Waals surface area contributed by atoms with E-state index in [9.17, 15) is 0 Å². The maximum atomic E-state index is 5.69. The van der Waals surface area contributed by atoms with Gasteiger partial charge in [0.05, 0.1) is 7.11 Å². The van der Waals surface area contributed by atoms with Gasteiger partial charge in [0, 0.05) is 23.9 Å². The zero-order chi connectivity index (χ0) is 12.8. The fraction of sp³-hybridized carbons (Fsp3) is 0.571. The van der Waals surface area contributed by atoms with E-state index < -0.39 is 0 Å². The van der Waals surface area contributed by atoms with Crippen molar-refractivity contribution < 1.29 is 9.47 Å². The summed E-state index contributed by atoms with van der Waals surface area (Å²) < 4.78 is 10.9. The SMILES string of the molecule is COc1cccc(OCCNC2CCSC2C)c1. The maximum Gasteiger partial charge on any atom is 0.123 e. The molecule has 0 aliphatic carbocycles. The highest BCUT2D eigenvalue weighted by Gasteiger charge is 2.22. The van der Waals surface area contributed by atoms with Crippen molar-refractivity contribution in [3.63, 3.8) is 0 Å². The minimum atomic E-state index is 0.643. The lowest BCUT2D eigenvalue weighted by atomic mass is 10.2. The third-order valence-electron chi connectivity index (χ3n) is 3.19. The van der Waals surface area contributed by atoms with Crippen LogP contribution in [0.3, 0.4) is 0 Å². The van der Waals surface area contributed by atoms with E-state index in [2.05, 4.69) is 12.2 Å². The van der Waals surface area contributed by atoms with Crippen molar-refractivity contribution in [3.05, 3.63) is 24.3 Å². The predicted octanol–water partition coefficient (Wildman–Crippen LogP) is 2.56. The predicted molar refractivity (Wildman–Crippen MR) is 76.8 cm³/mol. The second-order valence-electron chi connectivity index (χ2n) is 4.45. The van der Waals surface area contributed by atoms with E-state index in [0.717, 1.165) is 23.3 Å². The van der Waals surface area contributed by atoms with Crippen LogP contribution in [0.2, 0.25) is 0 Å². The number of nitrogens with one attached hydrogen (secondary N) is 1. The van der Waals surface area contributed by atoms with Gasteiger partial charge in [0.25, 0.3) is 0 Å². The zero-order valence-electron chi connectivity index (χ0n) is 11.0. The molecule has 3 nitrogen and oxygen atoms in total. The van der Waals surface area contributed by atoms with E-state index in [4.69, 9.17) is 9.47 Å². The molecule has 1 N–H and O–H groups in total. The van der Waals surface area contributed by atoms with Crippen molar-refractivity contribution in [1.82, 2.24) is 5.32 Å². The molecule has 2 unspecified atom stereocenters. The van der Waals surface area contributed by atoms with Gasteiger partial charge in [0.2, 0.25) is 0 Å². The average molecular weight is 267 g/mol. The number of benzene rings is 1. The summed E-state index contributed by atoms with van der Waals surface area (Å²) in [5.74, 6) is 2.97. The monoisotopic (exact) mass is 267 g/mol.